The van der Waals surface area contributed by atoms with Crippen LogP contribution in [0.3, 0.4) is 0 Å². The summed E-state index contributed by atoms with van der Waals surface area (Å²) in [7, 11) is 2.00. The summed E-state index contributed by atoms with van der Waals surface area (Å²) in [5.41, 5.74) is 0.925. The molecule has 0 amide bonds. The summed E-state index contributed by atoms with van der Waals surface area (Å²) in [6.07, 6.45) is 5.49. The van der Waals surface area contributed by atoms with Gasteiger partial charge < -0.3 is 4.57 Å². The van der Waals surface area contributed by atoms with Crippen LogP contribution in [0.4, 0.5) is 0 Å². The first kappa shape index (κ1) is 15.9. The van der Waals surface area contributed by atoms with E-state index in [-0.39, 0.29) is 5.41 Å². The summed E-state index contributed by atoms with van der Waals surface area (Å²) in [5.74, 6) is 2.03. The number of aryl methyl sites for hydroxylation is 2. The molecule has 108 valence electrons. The predicted octanol–water partition coefficient (Wildman–Crippen LogP) is 4.53. The fourth-order valence-corrected chi connectivity index (χ4v) is 3.87. The maximum Gasteiger partial charge on any atom is 0.108 e. The first-order valence-corrected chi connectivity index (χ1v) is 8.32. The first-order chi connectivity index (χ1) is 9.63. The number of halogens is 3. The highest BCUT2D eigenvalue weighted by molar-refractivity contribution is 9.10. The number of hydrogen-bond donors (Lipinski definition) is 0. The zero-order chi connectivity index (χ0) is 14.6. The van der Waals surface area contributed by atoms with Gasteiger partial charge in [-0.15, -0.1) is 23.2 Å². The summed E-state index contributed by atoms with van der Waals surface area (Å²) in [6.45, 7) is 0. The van der Waals surface area contributed by atoms with E-state index >= 15 is 0 Å². The van der Waals surface area contributed by atoms with Crippen LogP contribution < -0.4 is 0 Å². The molecule has 1 aromatic heterocycles. The van der Waals surface area contributed by atoms with Crippen molar-refractivity contribution in [1.29, 1.82) is 0 Å². The van der Waals surface area contributed by atoms with Crippen molar-refractivity contribution in [2.45, 2.75) is 18.3 Å². The minimum Gasteiger partial charge on any atom is -0.338 e. The molecule has 0 spiro atoms. The molecule has 0 unspecified atom stereocenters. The molecular weight excluding hydrogens is 359 g/mol. The van der Waals surface area contributed by atoms with E-state index in [1.54, 1.807) is 0 Å². The molecule has 0 saturated heterocycles. The third-order valence-electron chi connectivity index (χ3n) is 3.70. The summed E-state index contributed by atoms with van der Waals surface area (Å²) in [4.78, 5) is 4.37. The molecule has 0 saturated carbocycles. The fraction of sp³-hybridized carbons (Fsp3) is 0.400. The van der Waals surface area contributed by atoms with Gasteiger partial charge in [0.05, 0.1) is 0 Å². The van der Waals surface area contributed by atoms with E-state index in [9.17, 15) is 0 Å². The van der Waals surface area contributed by atoms with Gasteiger partial charge in [0.2, 0.25) is 0 Å². The Bertz CT molecular complexity index is 565. The smallest absolute Gasteiger partial charge is 0.108 e. The lowest BCUT2D eigenvalue weighted by Gasteiger charge is -2.31. The minimum absolute atomic E-state index is 0.241. The van der Waals surface area contributed by atoms with Gasteiger partial charge in [-0.05, 0) is 18.1 Å². The van der Waals surface area contributed by atoms with Gasteiger partial charge in [0.25, 0.3) is 0 Å². The molecule has 0 aliphatic carbocycles. The van der Waals surface area contributed by atoms with E-state index < -0.39 is 0 Å². The Kier molecular flexibility index (Phi) is 5.53. The third-order valence-corrected chi connectivity index (χ3v) is 5.42. The lowest BCUT2D eigenvalue weighted by molar-refractivity contribution is 0.480. The maximum absolute atomic E-state index is 6.28. The largest absolute Gasteiger partial charge is 0.338 e. The van der Waals surface area contributed by atoms with Crippen molar-refractivity contribution in [2.24, 2.45) is 7.05 Å². The molecule has 0 aliphatic rings. The normalized spacial score (nSPS) is 11.8. The Labute approximate surface area is 138 Å². The Morgan fingerprint density at radius 1 is 1.25 bits per heavy atom. The van der Waals surface area contributed by atoms with Gasteiger partial charge in [-0.1, -0.05) is 34.1 Å². The standard InChI is InChI=1S/C15H17BrCl2N2/c1-20-9-8-19-14(20)6-7-15(10-17,11-18)12-4-2-3-5-13(12)16/h2-5,8-9H,6-7,10-11H2,1H3. The van der Waals surface area contributed by atoms with E-state index in [1.165, 1.54) is 5.56 Å². The third kappa shape index (κ3) is 3.21. The summed E-state index contributed by atoms with van der Waals surface area (Å²) in [5, 5.41) is 0. The fourth-order valence-electron chi connectivity index (χ4n) is 2.33. The van der Waals surface area contributed by atoms with Crippen LogP contribution in [0.1, 0.15) is 17.8 Å². The highest BCUT2D eigenvalue weighted by Gasteiger charge is 2.32. The SMILES string of the molecule is Cn1ccnc1CCC(CCl)(CCl)c1ccccc1Br. The second-order valence-corrected chi connectivity index (χ2v) is 6.37. The summed E-state index contributed by atoms with van der Waals surface area (Å²) >= 11 is 16.2. The van der Waals surface area contributed by atoms with Crippen LogP contribution in [0.15, 0.2) is 41.1 Å². The summed E-state index contributed by atoms with van der Waals surface area (Å²) in [6, 6.07) is 8.14. The van der Waals surface area contributed by atoms with Crippen molar-refractivity contribution in [3.05, 3.63) is 52.5 Å². The van der Waals surface area contributed by atoms with E-state index in [0.717, 1.165) is 23.1 Å². The van der Waals surface area contributed by atoms with Crippen molar-refractivity contribution in [3.8, 4) is 0 Å². The molecule has 2 rings (SSSR count). The Morgan fingerprint density at radius 3 is 2.50 bits per heavy atom. The molecule has 0 radical (unpaired) electrons. The number of nitrogens with zero attached hydrogens (tertiary/aromatic N) is 2. The first-order valence-electron chi connectivity index (χ1n) is 6.46. The highest BCUT2D eigenvalue weighted by atomic mass is 79.9. The van der Waals surface area contributed by atoms with Gasteiger partial charge in [-0.2, -0.15) is 0 Å². The van der Waals surface area contributed by atoms with Crippen molar-refractivity contribution in [3.63, 3.8) is 0 Å². The number of benzene rings is 1. The molecule has 1 heterocycles. The van der Waals surface area contributed by atoms with Crippen molar-refractivity contribution < 1.29 is 0 Å². The molecule has 0 atom stereocenters. The van der Waals surface area contributed by atoms with Gasteiger partial charge in [0.1, 0.15) is 5.82 Å². The van der Waals surface area contributed by atoms with Crippen LogP contribution >= 0.6 is 39.1 Å². The molecular formula is C15H17BrCl2N2. The molecule has 0 bridgehead atoms. The van der Waals surface area contributed by atoms with E-state index in [4.69, 9.17) is 23.2 Å². The van der Waals surface area contributed by atoms with Crippen molar-refractivity contribution in [1.82, 2.24) is 9.55 Å². The van der Waals surface area contributed by atoms with E-state index in [0.29, 0.717) is 11.8 Å². The zero-order valence-electron chi connectivity index (χ0n) is 11.3. The van der Waals surface area contributed by atoms with Crippen LogP contribution in [0, 0.1) is 0 Å². The molecule has 5 heteroatoms. The van der Waals surface area contributed by atoms with Gasteiger partial charge in [-0.25, -0.2) is 4.98 Å². The number of aromatic nitrogens is 2. The van der Waals surface area contributed by atoms with E-state index in [1.807, 2.05) is 42.2 Å². The van der Waals surface area contributed by atoms with E-state index in [2.05, 4.69) is 27.0 Å². The van der Waals surface area contributed by atoms with Crippen LogP contribution in [-0.4, -0.2) is 21.3 Å². The maximum atomic E-state index is 6.28. The van der Waals surface area contributed by atoms with Gasteiger partial charge >= 0.3 is 0 Å². The van der Waals surface area contributed by atoms with Crippen LogP contribution in [0.2, 0.25) is 0 Å². The van der Waals surface area contributed by atoms with Crippen molar-refractivity contribution in [2.75, 3.05) is 11.8 Å². The minimum atomic E-state index is -0.241. The Morgan fingerprint density at radius 2 is 1.95 bits per heavy atom. The molecule has 0 fully saturated rings. The molecule has 0 N–H and O–H groups in total. The average Bonchev–Trinajstić information content (AvgIpc) is 2.87. The topological polar surface area (TPSA) is 17.8 Å². The second kappa shape index (κ2) is 6.97. The van der Waals surface area contributed by atoms with Crippen LogP contribution in [-0.2, 0) is 18.9 Å². The number of rotatable bonds is 6. The van der Waals surface area contributed by atoms with Gasteiger partial charge in [0, 0.05) is 47.5 Å². The van der Waals surface area contributed by atoms with Crippen molar-refractivity contribution >= 4 is 39.1 Å². The average molecular weight is 376 g/mol. The molecule has 20 heavy (non-hydrogen) atoms. The van der Waals surface area contributed by atoms with Crippen LogP contribution in [0.5, 0.6) is 0 Å². The quantitative estimate of drug-likeness (QED) is 0.678. The van der Waals surface area contributed by atoms with Gasteiger partial charge in [0.15, 0.2) is 0 Å². The summed E-state index contributed by atoms with van der Waals surface area (Å²) < 4.78 is 3.09. The highest BCUT2D eigenvalue weighted by Crippen LogP contribution is 2.36. The number of hydrogen-bond acceptors (Lipinski definition) is 1. The predicted molar refractivity (Wildman–Crippen MR) is 88.8 cm³/mol. The lowest BCUT2D eigenvalue weighted by Crippen LogP contribution is -2.32. The second-order valence-electron chi connectivity index (χ2n) is 4.98. The monoisotopic (exact) mass is 374 g/mol. The number of imidazole rings is 1. The zero-order valence-corrected chi connectivity index (χ0v) is 14.4. The molecule has 2 nitrogen and oxygen atoms in total. The van der Waals surface area contributed by atoms with Crippen LogP contribution in [0.25, 0.3) is 0 Å². The Hall–Kier alpha value is -0.510. The van der Waals surface area contributed by atoms with Gasteiger partial charge in [-0.3, -0.25) is 0 Å². The molecule has 1 aromatic carbocycles. The molecule has 0 aliphatic heterocycles. The lowest BCUT2D eigenvalue weighted by atomic mass is 9.80. The number of alkyl halides is 2. The Balaban J connectivity index is 2.26. The molecule has 2 aromatic rings.